The van der Waals surface area contributed by atoms with Crippen LogP contribution in [-0.4, -0.2) is 28.4 Å². The minimum atomic E-state index is -1.35. The number of carboxylic acid groups (broad SMARTS) is 1. The summed E-state index contributed by atoms with van der Waals surface area (Å²) >= 11 is 5.73. The predicted molar refractivity (Wildman–Crippen MR) is 62.1 cm³/mol. The summed E-state index contributed by atoms with van der Waals surface area (Å²) in [5.41, 5.74) is -0.313. The Morgan fingerprint density at radius 1 is 1.53 bits per heavy atom. The molecule has 0 aliphatic carbocycles. The number of rotatable bonds is 3. The minimum Gasteiger partial charge on any atom is -0.504 e. The monoisotopic (exact) mass is 287 g/mol. The fraction of sp³-hybridized carbons (Fsp3) is 0.0909. The van der Waals surface area contributed by atoms with Crippen LogP contribution in [0.1, 0.15) is 10.6 Å². The zero-order valence-corrected chi connectivity index (χ0v) is 10.2. The standard InChI is InChI=1S/C11H7ClFNO5/c1-18-6-2-4(13)9(12)8(10(6)15)5-3-7(11(16)17)19-14-5/h2-3,15H,1H3,(H,16,17). The number of benzene rings is 1. The number of carbonyl (C=O) groups is 1. The Bertz CT molecular complexity index is 655. The Kier molecular flexibility index (Phi) is 3.30. The van der Waals surface area contributed by atoms with Crippen LogP contribution in [0.3, 0.4) is 0 Å². The topological polar surface area (TPSA) is 92.8 Å². The number of aromatic nitrogens is 1. The van der Waals surface area contributed by atoms with Crippen molar-refractivity contribution in [2.75, 3.05) is 7.11 Å². The number of ether oxygens (including phenoxy) is 1. The zero-order chi connectivity index (χ0) is 14.2. The summed E-state index contributed by atoms with van der Waals surface area (Å²) in [6, 6.07) is 1.92. The van der Waals surface area contributed by atoms with Gasteiger partial charge in [0.15, 0.2) is 11.5 Å². The number of hydrogen-bond acceptors (Lipinski definition) is 5. The molecule has 0 aliphatic heterocycles. The van der Waals surface area contributed by atoms with Gasteiger partial charge in [0, 0.05) is 12.1 Å². The highest BCUT2D eigenvalue weighted by molar-refractivity contribution is 6.34. The fourth-order valence-corrected chi connectivity index (χ4v) is 1.72. The van der Waals surface area contributed by atoms with E-state index >= 15 is 0 Å². The van der Waals surface area contributed by atoms with Crippen molar-refractivity contribution in [3.05, 3.63) is 28.7 Å². The molecule has 1 aromatic heterocycles. The van der Waals surface area contributed by atoms with Gasteiger partial charge in [-0.25, -0.2) is 9.18 Å². The molecule has 0 atom stereocenters. The van der Waals surface area contributed by atoms with Crippen LogP contribution in [0.4, 0.5) is 4.39 Å². The summed E-state index contributed by atoms with van der Waals surface area (Å²) in [7, 11) is 1.23. The maximum Gasteiger partial charge on any atom is 0.374 e. The highest BCUT2D eigenvalue weighted by Gasteiger charge is 2.23. The molecule has 0 radical (unpaired) electrons. The second-order valence-electron chi connectivity index (χ2n) is 3.48. The number of carboxylic acids is 1. The lowest BCUT2D eigenvalue weighted by molar-refractivity contribution is 0.0652. The van der Waals surface area contributed by atoms with Crippen molar-refractivity contribution in [2.24, 2.45) is 0 Å². The number of hydrogen-bond donors (Lipinski definition) is 2. The van der Waals surface area contributed by atoms with Crippen molar-refractivity contribution < 1.29 is 28.7 Å². The first kappa shape index (κ1) is 13.2. The molecule has 2 rings (SSSR count). The molecule has 0 bridgehead atoms. The lowest BCUT2D eigenvalue weighted by Crippen LogP contribution is -1.92. The van der Waals surface area contributed by atoms with E-state index in [0.717, 1.165) is 12.1 Å². The molecule has 0 unspecified atom stereocenters. The van der Waals surface area contributed by atoms with Crippen LogP contribution < -0.4 is 4.74 Å². The molecular formula is C11H7ClFNO5. The first-order valence-electron chi connectivity index (χ1n) is 4.91. The molecule has 2 N–H and O–H groups in total. The molecule has 0 fully saturated rings. The first-order chi connectivity index (χ1) is 8.95. The van der Waals surface area contributed by atoms with Crippen LogP contribution in [0.15, 0.2) is 16.7 Å². The fourth-order valence-electron chi connectivity index (χ4n) is 1.48. The van der Waals surface area contributed by atoms with Crippen LogP contribution in [0.2, 0.25) is 5.02 Å². The molecular weight excluding hydrogens is 281 g/mol. The Morgan fingerprint density at radius 3 is 2.74 bits per heavy atom. The number of halogens is 2. The van der Waals surface area contributed by atoms with E-state index in [0.29, 0.717) is 0 Å². The highest BCUT2D eigenvalue weighted by atomic mass is 35.5. The summed E-state index contributed by atoms with van der Waals surface area (Å²) in [5.74, 6) is -3.27. The molecule has 0 saturated carbocycles. The number of nitrogens with zero attached hydrogens (tertiary/aromatic N) is 1. The molecule has 0 aliphatic rings. The highest BCUT2D eigenvalue weighted by Crippen LogP contribution is 2.43. The van der Waals surface area contributed by atoms with Crippen LogP contribution in [0, 0.1) is 5.82 Å². The van der Waals surface area contributed by atoms with Crippen LogP contribution >= 0.6 is 11.6 Å². The first-order valence-corrected chi connectivity index (χ1v) is 5.28. The third-order valence-electron chi connectivity index (χ3n) is 2.35. The number of aromatic carboxylic acids is 1. The Labute approximate surface area is 111 Å². The molecule has 0 saturated heterocycles. The SMILES string of the molecule is COc1cc(F)c(Cl)c(-c2cc(C(=O)O)on2)c1O. The maximum atomic E-state index is 13.6. The van der Waals surface area contributed by atoms with E-state index in [9.17, 15) is 14.3 Å². The smallest absolute Gasteiger partial charge is 0.374 e. The van der Waals surface area contributed by atoms with E-state index in [1.54, 1.807) is 0 Å². The molecule has 1 heterocycles. The van der Waals surface area contributed by atoms with E-state index in [4.69, 9.17) is 21.4 Å². The average Bonchev–Trinajstić information content (AvgIpc) is 2.83. The van der Waals surface area contributed by atoms with Gasteiger partial charge in [0.05, 0.1) is 17.7 Å². The van der Waals surface area contributed by atoms with Crippen molar-refractivity contribution in [2.45, 2.75) is 0 Å². The summed E-state index contributed by atoms with van der Waals surface area (Å²) in [6.07, 6.45) is 0. The van der Waals surface area contributed by atoms with Gasteiger partial charge in [-0.1, -0.05) is 16.8 Å². The quantitative estimate of drug-likeness (QED) is 0.901. The molecule has 2 aromatic rings. The van der Waals surface area contributed by atoms with Gasteiger partial charge >= 0.3 is 5.97 Å². The van der Waals surface area contributed by atoms with E-state index < -0.39 is 28.3 Å². The van der Waals surface area contributed by atoms with Crippen LogP contribution in [0.25, 0.3) is 11.3 Å². The van der Waals surface area contributed by atoms with Crippen LogP contribution in [0.5, 0.6) is 11.5 Å². The lowest BCUT2D eigenvalue weighted by Gasteiger charge is -2.09. The predicted octanol–water partition coefficient (Wildman–Crippen LogP) is 2.55. The number of phenols is 1. The van der Waals surface area contributed by atoms with Gasteiger partial charge in [-0.3, -0.25) is 0 Å². The van der Waals surface area contributed by atoms with Gasteiger partial charge < -0.3 is 19.5 Å². The number of phenolic OH excluding ortho intramolecular Hbond substituents is 1. The molecule has 6 nitrogen and oxygen atoms in total. The van der Waals surface area contributed by atoms with Gasteiger partial charge in [0.2, 0.25) is 5.76 Å². The summed E-state index contributed by atoms with van der Waals surface area (Å²) < 4.78 is 22.9. The molecule has 0 amide bonds. The number of aromatic hydroxyl groups is 1. The third-order valence-corrected chi connectivity index (χ3v) is 2.72. The van der Waals surface area contributed by atoms with Crippen molar-refractivity contribution in [1.29, 1.82) is 0 Å². The van der Waals surface area contributed by atoms with Crippen molar-refractivity contribution in [1.82, 2.24) is 5.16 Å². The molecule has 19 heavy (non-hydrogen) atoms. The van der Waals surface area contributed by atoms with Gasteiger partial charge in [0.25, 0.3) is 0 Å². The second kappa shape index (κ2) is 4.77. The normalized spacial score (nSPS) is 10.5. The molecule has 0 spiro atoms. The lowest BCUT2D eigenvalue weighted by atomic mass is 10.1. The molecule has 1 aromatic carbocycles. The summed E-state index contributed by atoms with van der Waals surface area (Å²) in [5, 5.41) is 21.6. The van der Waals surface area contributed by atoms with Crippen molar-refractivity contribution in [3.63, 3.8) is 0 Å². The minimum absolute atomic E-state index is 0.113. The van der Waals surface area contributed by atoms with Crippen LogP contribution in [-0.2, 0) is 0 Å². The van der Waals surface area contributed by atoms with Crippen molar-refractivity contribution in [3.8, 4) is 22.8 Å². The zero-order valence-electron chi connectivity index (χ0n) is 9.48. The van der Waals surface area contributed by atoms with Gasteiger partial charge in [-0.05, 0) is 0 Å². The van der Waals surface area contributed by atoms with Crippen molar-refractivity contribution >= 4 is 17.6 Å². The number of methoxy groups -OCH3 is 1. The average molecular weight is 288 g/mol. The Hall–Kier alpha value is -2.28. The molecule has 8 heteroatoms. The van der Waals surface area contributed by atoms with Gasteiger partial charge in [-0.15, -0.1) is 0 Å². The summed E-state index contributed by atoms with van der Waals surface area (Å²) in [6.45, 7) is 0. The Morgan fingerprint density at radius 2 is 2.21 bits per heavy atom. The van der Waals surface area contributed by atoms with E-state index in [1.165, 1.54) is 7.11 Å². The summed E-state index contributed by atoms with van der Waals surface area (Å²) in [4.78, 5) is 10.7. The Balaban J connectivity index is 2.66. The largest absolute Gasteiger partial charge is 0.504 e. The van der Waals surface area contributed by atoms with Gasteiger partial charge in [0.1, 0.15) is 11.5 Å². The second-order valence-corrected chi connectivity index (χ2v) is 3.86. The van der Waals surface area contributed by atoms with E-state index in [-0.39, 0.29) is 17.0 Å². The molecule has 100 valence electrons. The van der Waals surface area contributed by atoms with E-state index in [2.05, 4.69) is 9.68 Å². The van der Waals surface area contributed by atoms with E-state index in [1.807, 2.05) is 0 Å². The third kappa shape index (κ3) is 2.19. The maximum absolute atomic E-state index is 13.6. The van der Waals surface area contributed by atoms with Gasteiger partial charge in [-0.2, -0.15) is 0 Å².